The largest absolute Gasteiger partial charge is 0.354 e. The predicted octanol–water partition coefficient (Wildman–Crippen LogP) is 4.92. The topological polar surface area (TPSA) is 35.8 Å². The quantitative estimate of drug-likeness (QED) is 0.845. The summed E-state index contributed by atoms with van der Waals surface area (Å²) in [6.45, 7) is 1.95. The Labute approximate surface area is 116 Å². The lowest BCUT2D eigenvalue weighted by Gasteiger charge is -2.09. The number of benzene rings is 2. The van der Waals surface area contributed by atoms with E-state index >= 15 is 0 Å². The van der Waals surface area contributed by atoms with Gasteiger partial charge in [0, 0.05) is 5.69 Å². The highest BCUT2D eigenvalue weighted by Gasteiger charge is 2.04. The minimum absolute atomic E-state index is 0.479. The first-order valence-corrected chi connectivity index (χ1v) is 6.08. The molecule has 0 radical (unpaired) electrons. The van der Waals surface area contributed by atoms with Crippen LogP contribution < -0.4 is 5.32 Å². The molecule has 0 aliphatic rings. The van der Waals surface area contributed by atoms with E-state index in [1.807, 2.05) is 31.2 Å². The predicted molar refractivity (Wildman–Crippen MR) is 75.6 cm³/mol. The van der Waals surface area contributed by atoms with E-state index in [1.54, 1.807) is 12.1 Å². The van der Waals surface area contributed by atoms with Crippen LogP contribution in [0.3, 0.4) is 0 Å². The lowest BCUT2D eigenvalue weighted by Crippen LogP contribution is -1.94. The molecule has 90 valence electrons. The first kappa shape index (κ1) is 12.8. The van der Waals surface area contributed by atoms with Crippen LogP contribution in [0.4, 0.5) is 11.4 Å². The van der Waals surface area contributed by atoms with Crippen LogP contribution in [-0.2, 0) is 0 Å². The van der Waals surface area contributed by atoms with Gasteiger partial charge in [-0.3, -0.25) is 0 Å². The maximum absolute atomic E-state index is 9.08. The van der Waals surface area contributed by atoms with E-state index in [9.17, 15) is 0 Å². The third kappa shape index (κ3) is 2.76. The summed E-state index contributed by atoms with van der Waals surface area (Å²) in [7, 11) is 0. The van der Waals surface area contributed by atoms with Crippen molar-refractivity contribution >= 4 is 34.6 Å². The minimum Gasteiger partial charge on any atom is -0.354 e. The molecule has 0 heterocycles. The van der Waals surface area contributed by atoms with Crippen molar-refractivity contribution in [1.82, 2.24) is 0 Å². The smallest absolute Gasteiger partial charge is 0.101 e. The average molecular weight is 277 g/mol. The number of nitriles is 1. The zero-order chi connectivity index (χ0) is 13.1. The van der Waals surface area contributed by atoms with Gasteiger partial charge in [-0.2, -0.15) is 5.26 Å². The molecule has 0 atom stereocenters. The first-order chi connectivity index (χ1) is 8.60. The van der Waals surface area contributed by atoms with Gasteiger partial charge in [0.1, 0.15) is 6.07 Å². The summed E-state index contributed by atoms with van der Waals surface area (Å²) in [4.78, 5) is 0. The molecule has 2 nitrogen and oxygen atoms in total. The maximum atomic E-state index is 9.08. The molecule has 2 aromatic rings. The van der Waals surface area contributed by atoms with Gasteiger partial charge in [0.2, 0.25) is 0 Å². The highest BCUT2D eigenvalue weighted by molar-refractivity contribution is 6.42. The molecule has 4 heteroatoms. The summed E-state index contributed by atoms with van der Waals surface area (Å²) in [5, 5.41) is 13.2. The number of hydrogen-bond donors (Lipinski definition) is 1. The van der Waals surface area contributed by atoms with Crippen LogP contribution in [0, 0.1) is 18.3 Å². The molecule has 0 unspecified atom stereocenters. The van der Waals surface area contributed by atoms with Gasteiger partial charge < -0.3 is 5.32 Å². The van der Waals surface area contributed by atoms with Crippen LogP contribution in [0.25, 0.3) is 0 Å². The van der Waals surface area contributed by atoms with E-state index in [4.69, 9.17) is 28.5 Å². The molecule has 0 saturated carbocycles. The Balaban J connectivity index is 2.34. The van der Waals surface area contributed by atoms with Crippen LogP contribution >= 0.6 is 23.2 Å². The lowest BCUT2D eigenvalue weighted by molar-refractivity contribution is 1.40. The van der Waals surface area contributed by atoms with Crippen molar-refractivity contribution in [3.63, 3.8) is 0 Å². The van der Waals surface area contributed by atoms with E-state index in [1.165, 1.54) is 0 Å². The molecular formula is C14H10Cl2N2. The standard InChI is InChI=1S/C14H10Cl2N2/c1-9-2-5-14(10(6-9)8-17)18-11-3-4-12(15)13(16)7-11/h2-7,18H,1H3. The number of anilines is 2. The Hall–Kier alpha value is -1.69. The second kappa shape index (κ2) is 5.30. The normalized spacial score (nSPS) is 9.89. The molecular weight excluding hydrogens is 267 g/mol. The number of nitrogens with zero attached hydrogens (tertiary/aromatic N) is 1. The second-order valence-electron chi connectivity index (χ2n) is 3.91. The Kier molecular flexibility index (Phi) is 3.76. The van der Waals surface area contributed by atoms with Crippen molar-refractivity contribution < 1.29 is 0 Å². The maximum Gasteiger partial charge on any atom is 0.101 e. The third-order valence-electron chi connectivity index (χ3n) is 2.49. The fraction of sp³-hybridized carbons (Fsp3) is 0.0714. The molecule has 0 amide bonds. The number of hydrogen-bond acceptors (Lipinski definition) is 2. The Morgan fingerprint density at radius 1 is 1.06 bits per heavy atom. The van der Waals surface area contributed by atoms with Gasteiger partial charge in [-0.1, -0.05) is 29.3 Å². The summed E-state index contributed by atoms with van der Waals surface area (Å²) in [5.74, 6) is 0. The highest BCUT2D eigenvalue weighted by Crippen LogP contribution is 2.28. The molecule has 0 aliphatic carbocycles. The molecule has 2 rings (SSSR count). The molecule has 0 fully saturated rings. The van der Waals surface area contributed by atoms with E-state index in [0.29, 0.717) is 15.6 Å². The molecule has 1 N–H and O–H groups in total. The summed E-state index contributed by atoms with van der Waals surface area (Å²) in [6.07, 6.45) is 0. The number of rotatable bonds is 2. The zero-order valence-corrected chi connectivity index (χ0v) is 11.2. The van der Waals surface area contributed by atoms with Crippen molar-refractivity contribution in [2.75, 3.05) is 5.32 Å². The fourth-order valence-corrected chi connectivity index (χ4v) is 1.89. The summed E-state index contributed by atoms with van der Waals surface area (Å²) in [5.41, 5.74) is 3.19. The van der Waals surface area contributed by atoms with Crippen LogP contribution in [0.5, 0.6) is 0 Å². The van der Waals surface area contributed by atoms with Gasteiger partial charge in [-0.05, 0) is 42.8 Å². The molecule has 0 spiro atoms. The van der Waals surface area contributed by atoms with E-state index in [-0.39, 0.29) is 0 Å². The van der Waals surface area contributed by atoms with Crippen molar-refractivity contribution in [2.45, 2.75) is 6.92 Å². The van der Waals surface area contributed by atoms with Crippen LogP contribution in [0.2, 0.25) is 10.0 Å². The molecule has 0 aliphatic heterocycles. The third-order valence-corrected chi connectivity index (χ3v) is 3.23. The Bertz CT molecular complexity index is 630. The molecule has 0 bridgehead atoms. The van der Waals surface area contributed by atoms with Crippen molar-refractivity contribution in [3.8, 4) is 6.07 Å². The first-order valence-electron chi connectivity index (χ1n) is 5.33. The number of nitrogens with one attached hydrogen (secondary N) is 1. The molecule has 0 aromatic heterocycles. The van der Waals surface area contributed by atoms with Crippen molar-refractivity contribution in [2.24, 2.45) is 0 Å². The van der Waals surface area contributed by atoms with Gasteiger partial charge in [0.15, 0.2) is 0 Å². The van der Waals surface area contributed by atoms with E-state index in [0.717, 1.165) is 16.9 Å². The van der Waals surface area contributed by atoms with Crippen molar-refractivity contribution in [1.29, 1.82) is 5.26 Å². The number of halogens is 2. The van der Waals surface area contributed by atoms with E-state index in [2.05, 4.69) is 11.4 Å². The van der Waals surface area contributed by atoms with Crippen LogP contribution in [0.15, 0.2) is 36.4 Å². The van der Waals surface area contributed by atoms with Gasteiger partial charge in [-0.15, -0.1) is 0 Å². The summed E-state index contributed by atoms with van der Waals surface area (Å²) in [6, 6.07) is 13.1. The van der Waals surface area contributed by atoms with Crippen LogP contribution in [0.1, 0.15) is 11.1 Å². The molecule has 0 saturated heterocycles. The average Bonchev–Trinajstić information content (AvgIpc) is 2.36. The van der Waals surface area contributed by atoms with Gasteiger partial charge in [0.25, 0.3) is 0 Å². The van der Waals surface area contributed by atoms with E-state index < -0.39 is 0 Å². The second-order valence-corrected chi connectivity index (χ2v) is 4.73. The molecule has 18 heavy (non-hydrogen) atoms. The van der Waals surface area contributed by atoms with Crippen LogP contribution in [-0.4, -0.2) is 0 Å². The zero-order valence-electron chi connectivity index (χ0n) is 9.67. The number of aryl methyl sites for hydroxylation is 1. The van der Waals surface area contributed by atoms with Gasteiger partial charge in [0.05, 0.1) is 21.3 Å². The Morgan fingerprint density at radius 3 is 2.50 bits per heavy atom. The highest BCUT2D eigenvalue weighted by atomic mass is 35.5. The van der Waals surface area contributed by atoms with Crippen molar-refractivity contribution in [3.05, 3.63) is 57.6 Å². The SMILES string of the molecule is Cc1ccc(Nc2ccc(Cl)c(Cl)c2)c(C#N)c1. The monoisotopic (exact) mass is 276 g/mol. The van der Waals surface area contributed by atoms with Gasteiger partial charge in [-0.25, -0.2) is 0 Å². The summed E-state index contributed by atoms with van der Waals surface area (Å²) >= 11 is 11.8. The summed E-state index contributed by atoms with van der Waals surface area (Å²) < 4.78 is 0. The fourth-order valence-electron chi connectivity index (χ4n) is 1.59. The minimum atomic E-state index is 0.479. The Morgan fingerprint density at radius 2 is 1.83 bits per heavy atom. The lowest BCUT2D eigenvalue weighted by atomic mass is 10.1. The van der Waals surface area contributed by atoms with Gasteiger partial charge >= 0.3 is 0 Å². The molecule has 2 aromatic carbocycles.